The van der Waals surface area contributed by atoms with Crippen LogP contribution in [0, 0.1) is 12.7 Å². The number of anilines is 2. The number of halogens is 1. The zero-order valence-corrected chi connectivity index (χ0v) is 17.0. The normalized spacial score (nSPS) is 10.5. The van der Waals surface area contributed by atoms with Gasteiger partial charge in [-0.3, -0.25) is 9.59 Å². The Morgan fingerprint density at radius 3 is 2.57 bits per heavy atom. The van der Waals surface area contributed by atoms with Crippen LogP contribution in [0.15, 0.2) is 59.1 Å². The van der Waals surface area contributed by atoms with Crippen molar-refractivity contribution in [1.82, 2.24) is 5.16 Å². The van der Waals surface area contributed by atoms with E-state index in [1.54, 1.807) is 43.3 Å². The second-order valence-electron chi connectivity index (χ2n) is 6.36. The molecule has 0 aliphatic rings. The fraction of sp³-hybridized carbons (Fsp3) is 0.190. The first kappa shape index (κ1) is 21.4. The lowest BCUT2D eigenvalue weighted by Crippen LogP contribution is -2.18. The minimum absolute atomic E-state index is 0.112. The second kappa shape index (κ2) is 10.4. The monoisotopic (exact) mass is 429 g/mol. The zero-order chi connectivity index (χ0) is 21.3. The van der Waals surface area contributed by atoms with Crippen molar-refractivity contribution in [2.45, 2.75) is 13.5 Å². The summed E-state index contributed by atoms with van der Waals surface area (Å²) in [6.07, 6.45) is 0. The summed E-state index contributed by atoms with van der Waals surface area (Å²) in [6.45, 7) is 1.97. The first-order valence-electron chi connectivity index (χ1n) is 9.06. The predicted molar refractivity (Wildman–Crippen MR) is 113 cm³/mol. The molecule has 0 radical (unpaired) electrons. The Balaban J connectivity index is 1.41. The van der Waals surface area contributed by atoms with E-state index < -0.39 is 0 Å². The molecule has 2 N–H and O–H groups in total. The average Bonchev–Trinajstić information content (AvgIpc) is 3.11. The Kier molecular flexibility index (Phi) is 7.45. The summed E-state index contributed by atoms with van der Waals surface area (Å²) >= 11 is 1.19. The molecule has 156 valence electrons. The summed E-state index contributed by atoms with van der Waals surface area (Å²) in [7, 11) is 0. The molecule has 2 aromatic carbocycles. The molecule has 7 nitrogen and oxygen atoms in total. The van der Waals surface area contributed by atoms with Crippen molar-refractivity contribution in [1.29, 1.82) is 0 Å². The molecule has 3 rings (SSSR count). The van der Waals surface area contributed by atoms with E-state index in [-0.39, 0.29) is 35.7 Å². The third kappa shape index (κ3) is 6.93. The van der Waals surface area contributed by atoms with Gasteiger partial charge in [-0.05, 0) is 36.8 Å². The Morgan fingerprint density at radius 2 is 1.83 bits per heavy atom. The first-order chi connectivity index (χ1) is 14.5. The lowest BCUT2D eigenvalue weighted by molar-refractivity contribution is -0.114. The van der Waals surface area contributed by atoms with Crippen LogP contribution >= 0.6 is 11.8 Å². The van der Waals surface area contributed by atoms with E-state index >= 15 is 0 Å². The lowest BCUT2D eigenvalue weighted by Gasteiger charge is -2.09. The minimum atomic E-state index is -0.365. The quantitative estimate of drug-likeness (QED) is 0.534. The zero-order valence-electron chi connectivity index (χ0n) is 16.2. The number of nitrogens with one attached hydrogen (secondary N) is 2. The van der Waals surface area contributed by atoms with Crippen molar-refractivity contribution in [3.05, 3.63) is 71.7 Å². The Bertz CT molecular complexity index is 1020. The Morgan fingerprint density at radius 1 is 1.07 bits per heavy atom. The maximum Gasteiger partial charge on any atom is 0.235 e. The van der Waals surface area contributed by atoms with Gasteiger partial charge in [0.1, 0.15) is 23.9 Å². The van der Waals surface area contributed by atoms with Crippen LogP contribution in [-0.4, -0.2) is 28.5 Å². The molecule has 0 aliphatic carbocycles. The number of amides is 2. The van der Waals surface area contributed by atoms with Crippen LogP contribution in [0.3, 0.4) is 0 Å². The first-order valence-corrected chi connectivity index (χ1v) is 10.2. The van der Waals surface area contributed by atoms with Crippen LogP contribution in [0.1, 0.15) is 11.3 Å². The van der Waals surface area contributed by atoms with E-state index in [1.165, 1.54) is 23.9 Å². The molecule has 1 heterocycles. The number of rotatable bonds is 9. The molecule has 0 fully saturated rings. The summed E-state index contributed by atoms with van der Waals surface area (Å²) in [6, 6.07) is 14.7. The van der Waals surface area contributed by atoms with E-state index in [2.05, 4.69) is 15.8 Å². The summed E-state index contributed by atoms with van der Waals surface area (Å²) < 4.78 is 23.6. The molecule has 0 saturated heterocycles. The highest BCUT2D eigenvalue weighted by Crippen LogP contribution is 2.17. The van der Waals surface area contributed by atoms with Gasteiger partial charge in [0.15, 0.2) is 5.82 Å². The number of nitrogens with zero attached hydrogens (tertiary/aromatic N) is 1. The van der Waals surface area contributed by atoms with Crippen molar-refractivity contribution in [2.75, 3.05) is 22.1 Å². The maximum absolute atomic E-state index is 13.2. The number of thioether (sulfide) groups is 1. The van der Waals surface area contributed by atoms with E-state index in [0.717, 1.165) is 5.56 Å². The van der Waals surface area contributed by atoms with Gasteiger partial charge < -0.3 is 19.9 Å². The number of aromatic nitrogens is 1. The van der Waals surface area contributed by atoms with Crippen LogP contribution in [0.5, 0.6) is 5.75 Å². The standard InChI is InChI=1S/C21H20FN3O4S/c1-14-8-19(25-29-14)24-21(27)13-30-12-20(26)23-17-6-2-4-15(9-17)11-28-18-7-3-5-16(22)10-18/h2-10H,11-13H2,1H3,(H,23,26)(H,24,25,27). The van der Waals surface area contributed by atoms with Gasteiger partial charge in [0.2, 0.25) is 11.8 Å². The molecule has 0 atom stereocenters. The molecule has 0 saturated carbocycles. The number of benzene rings is 2. The van der Waals surface area contributed by atoms with Gasteiger partial charge >= 0.3 is 0 Å². The van der Waals surface area contributed by atoms with Gasteiger partial charge in [-0.15, -0.1) is 11.8 Å². The van der Waals surface area contributed by atoms with Crippen molar-refractivity contribution >= 4 is 35.1 Å². The van der Waals surface area contributed by atoms with Gasteiger partial charge in [0.25, 0.3) is 0 Å². The molecule has 3 aromatic rings. The van der Waals surface area contributed by atoms with Crippen molar-refractivity contribution in [3.63, 3.8) is 0 Å². The van der Waals surface area contributed by atoms with E-state index in [9.17, 15) is 14.0 Å². The predicted octanol–water partition coefficient (Wildman–Crippen LogP) is 4.01. The van der Waals surface area contributed by atoms with Crippen molar-refractivity contribution in [3.8, 4) is 5.75 Å². The third-order valence-electron chi connectivity index (χ3n) is 3.77. The fourth-order valence-electron chi connectivity index (χ4n) is 2.50. The molecule has 0 spiro atoms. The second-order valence-corrected chi connectivity index (χ2v) is 7.34. The molecular formula is C21H20FN3O4S. The van der Waals surface area contributed by atoms with E-state index in [1.807, 2.05) is 6.07 Å². The Hall–Kier alpha value is -3.33. The number of hydrogen-bond acceptors (Lipinski definition) is 6. The molecule has 30 heavy (non-hydrogen) atoms. The summed E-state index contributed by atoms with van der Waals surface area (Å²) in [5.74, 6) is 0.748. The van der Waals surface area contributed by atoms with Gasteiger partial charge in [-0.25, -0.2) is 4.39 Å². The number of carbonyl (C=O) groups excluding carboxylic acids is 2. The van der Waals surface area contributed by atoms with Crippen molar-refractivity contribution in [2.24, 2.45) is 0 Å². The molecular weight excluding hydrogens is 409 g/mol. The number of aryl methyl sites for hydroxylation is 1. The average molecular weight is 429 g/mol. The lowest BCUT2D eigenvalue weighted by atomic mass is 10.2. The van der Waals surface area contributed by atoms with Crippen LogP contribution in [0.25, 0.3) is 0 Å². The fourth-order valence-corrected chi connectivity index (χ4v) is 3.12. The molecule has 9 heteroatoms. The molecule has 0 bridgehead atoms. The van der Waals surface area contributed by atoms with Gasteiger partial charge in [-0.2, -0.15) is 0 Å². The highest BCUT2D eigenvalue weighted by atomic mass is 32.2. The van der Waals surface area contributed by atoms with Crippen LogP contribution in [0.4, 0.5) is 15.9 Å². The maximum atomic E-state index is 13.2. The smallest absolute Gasteiger partial charge is 0.235 e. The van der Waals surface area contributed by atoms with Gasteiger partial charge in [-0.1, -0.05) is 23.4 Å². The molecule has 2 amide bonds. The summed E-state index contributed by atoms with van der Waals surface area (Å²) in [4.78, 5) is 24.0. The number of carbonyl (C=O) groups is 2. The minimum Gasteiger partial charge on any atom is -0.489 e. The summed E-state index contributed by atoms with van der Waals surface area (Å²) in [5, 5.41) is 9.05. The SMILES string of the molecule is Cc1cc(NC(=O)CSCC(=O)Nc2cccc(COc3cccc(F)c3)c2)no1. The highest BCUT2D eigenvalue weighted by molar-refractivity contribution is 8.00. The highest BCUT2D eigenvalue weighted by Gasteiger charge is 2.09. The van der Waals surface area contributed by atoms with Gasteiger partial charge in [0, 0.05) is 17.8 Å². The molecule has 0 unspecified atom stereocenters. The van der Waals surface area contributed by atoms with Crippen LogP contribution in [-0.2, 0) is 16.2 Å². The number of ether oxygens (including phenoxy) is 1. The summed E-state index contributed by atoms with van der Waals surface area (Å²) in [5.41, 5.74) is 1.44. The van der Waals surface area contributed by atoms with Crippen LogP contribution in [0.2, 0.25) is 0 Å². The largest absolute Gasteiger partial charge is 0.489 e. The Labute approximate surface area is 177 Å². The van der Waals surface area contributed by atoms with E-state index in [4.69, 9.17) is 9.26 Å². The third-order valence-corrected chi connectivity index (χ3v) is 4.71. The van der Waals surface area contributed by atoms with Gasteiger partial charge in [0.05, 0.1) is 11.5 Å². The number of hydrogen-bond donors (Lipinski definition) is 2. The van der Waals surface area contributed by atoms with Crippen molar-refractivity contribution < 1.29 is 23.2 Å². The van der Waals surface area contributed by atoms with Crippen LogP contribution < -0.4 is 15.4 Å². The van der Waals surface area contributed by atoms with E-state index in [0.29, 0.717) is 23.0 Å². The molecule has 0 aliphatic heterocycles. The molecule has 1 aromatic heterocycles. The topological polar surface area (TPSA) is 93.5 Å².